The largest absolute Gasteiger partial charge is 0.495 e. The Bertz CT molecular complexity index is 467. The van der Waals surface area contributed by atoms with E-state index in [4.69, 9.17) is 4.74 Å². The topological polar surface area (TPSA) is 64.6 Å². The van der Waals surface area contributed by atoms with E-state index in [9.17, 15) is 9.59 Å². The van der Waals surface area contributed by atoms with Crippen molar-refractivity contribution in [2.24, 2.45) is 0 Å². The van der Waals surface area contributed by atoms with Crippen LogP contribution in [0.3, 0.4) is 0 Å². The minimum atomic E-state index is -0.444. The molecule has 1 N–H and O–H groups in total. The van der Waals surface area contributed by atoms with Crippen molar-refractivity contribution in [3.8, 4) is 5.75 Å². The second kappa shape index (κ2) is 3.84. The molecule has 16 heavy (non-hydrogen) atoms. The molecule has 1 aliphatic heterocycles. The number of methoxy groups -OCH3 is 2. The fraction of sp³-hybridized carbons (Fsp3) is 0.273. The van der Waals surface area contributed by atoms with E-state index in [0.717, 1.165) is 5.56 Å². The zero-order valence-corrected chi connectivity index (χ0v) is 8.99. The SMILES string of the molecule is COC(=O)c1cc2c(c(OC)c1)NC(=O)C2. The van der Waals surface area contributed by atoms with Gasteiger partial charge in [-0.2, -0.15) is 0 Å². The molecule has 0 bridgehead atoms. The van der Waals surface area contributed by atoms with E-state index in [-0.39, 0.29) is 12.3 Å². The lowest BCUT2D eigenvalue weighted by molar-refractivity contribution is -0.115. The molecule has 1 amide bonds. The summed E-state index contributed by atoms with van der Waals surface area (Å²) in [5, 5.41) is 2.69. The Labute approximate surface area is 92.4 Å². The summed E-state index contributed by atoms with van der Waals surface area (Å²) in [6.07, 6.45) is 0.260. The number of carbonyl (C=O) groups excluding carboxylic acids is 2. The number of carbonyl (C=O) groups is 2. The molecule has 0 atom stereocenters. The molecule has 1 aromatic carbocycles. The summed E-state index contributed by atoms with van der Waals surface area (Å²) < 4.78 is 9.74. The van der Waals surface area contributed by atoms with Crippen LogP contribution in [0.1, 0.15) is 15.9 Å². The average Bonchev–Trinajstić information content (AvgIpc) is 2.66. The molecule has 1 aliphatic rings. The highest BCUT2D eigenvalue weighted by atomic mass is 16.5. The molecular formula is C11H11NO4. The van der Waals surface area contributed by atoms with Crippen molar-refractivity contribution in [3.05, 3.63) is 23.3 Å². The molecule has 5 nitrogen and oxygen atoms in total. The summed E-state index contributed by atoms with van der Waals surface area (Å²) in [5.41, 5.74) is 1.78. The van der Waals surface area contributed by atoms with Gasteiger partial charge in [-0.05, 0) is 17.7 Å². The lowest BCUT2D eigenvalue weighted by Gasteiger charge is -2.08. The second-order valence-electron chi connectivity index (χ2n) is 3.43. The van der Waals surface area contributed by atoms with E-state index in [2.05, 4.69) is 10.1 Å². The smallest absolute Gasteiger partial charge is 0.337 e. The molecule has 0 spiro atoms. The summed E-state index contributed by atoms with van der Waals surface area (Å²) in [7, 11) is 2.80. The number of hydrogen-bond acceptors (Lipinski definition) is 4. The van der Waals surface area contributed by atoms with Gasteiger partial charge in [0.2, 0.25) is 5.91 Å². The molecule has 0 saturated carbocycles. The predicted molar refractivity (Wildman–Crippen MR) is 56.7 cm³/mol. The number of amides is 1. The van der Waals surface area contributed by atoms with Crippen molar-refractivity contribution in [1.82, 2.24) is 0 Å². The summed E-state index contributed by atoms with van der Waals surface area (Å²) in [6.45, 7) is 0. The summed E-state index contributed by atoms with van der Waals surface area (Å²) in [5.74, 6) is -0.0699. The molecule has 0 fully saturated rings. The Balaban J connectivity index is 2.51. The third kappa shape index (κ3) is 1.60. The van der Waals surface area contributed by atoms with Gasteiger partial charge in [-0.25, -0.2) is 4.79 Å². The van der Waals surface area contributed by atoms with Gasteiger partial charge in [0.1, 0.15) is 5.75 Å². The minimum absolute atomic E-state index is 0.102. The minimum Gasteiger partial charge on any atom is -0.495 e. The van der Waals surface area contributed by atoms with Crippen molar-refractivity contribution < 1.29 is 19.1 Å². The highest BCUT2D eigenvalue weighted by Gasteiger charge is 2.24. The monoisotopic (exact) mass is 221 g/mol. The predicted octanol–water partition coefficient (Wildman–Crippen LogP) is 0.976. The Morgan fingerprint density at radius 1 is 1.38 bits per heavy atom. The highest BCUT2D eigenvalue weighted by Crippen LogP contribution is 2.34. The molecule has 2 rings (SSSR count). The third-order valence-electron chi connectivity index (χ3n) is 2.44. The van der Waals surface area contributed by atoms with Gasteiger partial charge in [0.05, 0.1) is 31.9 Å². The van der Waals surface area contributed by atoms with E-state index < -0.39 is 5.97 Å². The van der Waals surface area contributed by atoms with Crippen molar-refractivity contribution >= 4 is 17.6 Å². The number of rotatable bonds is 2. The van der Waals surface area contributed by atoms with Crippen LogP contribution < -0.4 is 10.1 Å². The number of fused-ring (bicyclic) bond motifs is 1. The van der Waals surface area contributed by atoms with Crippen LogP contribution in [0.2, 0.25) is 0 Å². The number of benzene rings is 1. The first-order valence-corrected chi connectivity index (χ1v) is 4.74. The van der Waals surface area contributed by atoms with Gasteiger partial charge in [-0.3, -0.25) is 4.79 Å². The average molecular weight is 221 g/mol. The van der Waals surface area contributed by atoms with E-state index in [1.165, 1.54) is 14.2 Å². The van der Waals surface area contributed by atoms with E-state index >= 15 is 0 Å². The van der Waals surface area contributed by atoms with Gasteiger partial charge in [-0.15, -0.1) is 0 Å². The Hall–Kier alpha value is -2.04. The van der Waals surface area contributed by atoms with Crippen LogP contribution in [0.4, 0.5) is 5.69 Å². The van der Waals surface area contributed by atoms with Crippen LogP contribution in [-0.4, -0.2) is 26.1 Å². The maximum absolute atomic E-state index is 11.4. The molecule has 0 saturated heterocycles. The lowest BCUT2D eigenvalue weighted by atomic mass is 10.1. The summed E-state index contributed by atoms with van der Waals surface area (Å²) >= 11 is 0. The van der Waals surface area contributed by atoms with E-state index in [1.807, 2.05) is 0 Å². The first kappa shape index (κ1) is 10.5. The molecule has 1 heterocycles. The van der Waals surface area contributed by atoms with Crippen LogP contribution in [0.15, 0.2) is 12.1 Å². The first-order valence-electron chi connectivity index (χ1n) is 4.74. The van der Waals surface area contributed by atoms with Crippen molar-refractivity contribution in [1.29, 1.82) is 0 Å². The molecule has 5 heteroatoms. The van der Waals surface area contributed by atoms with Gasteiger partial charge in [0, 0.05) is 0 Å². The van der Waals surface area contributed by atoms with Crippen LogP contribution >= 0.6 is 0 Å². The second-order valence-corrected chi connectivity index (χ2v) is 3.43. The van der Waals surface area contributed by atoms with Gasteiger partial charge < -0.3 is 14.8 Å². The Morgan fingerprint density at radius 2 is 2.12 bits per heavy atom. The van der Waals surface area contributed by atoms with Crippen LogP contribution in [0.25, 0.3) is 0 Å². The molecule has 0 unspecified atom stereocenters. The number of anilines is 1. The number of nitrogens with one attached hydrogen (secondary N) is 1. The quantitative estimate of drug-likeness (QED) is 0.756. The maximum atomic E-state index is 11.4. The third-order valence-corrected chi connectivity index (χ3v) is 2.44. The highest BCUT2D eigenvalue weighted by molar-refractivity contribution is 6.02. The van der Waals surface area contributed by atoms with Crippen molar-refractivity contribution in [2.45, 2.75) is 6.42 Å². The van der Waals surface area contributed by atoms with Crippen molar-refractivity contribution in [2.75, 3.05) is 19.5 Å². The zero-order valence-electron chi connectivity index (χ0n) is 8.99. The molecule has 0 aromatic heterocycles. The number of esters is 1. The number of ether oxygens (including phenoxy) is 2. The zero-order chi connectivity index (χ0) is 11.7. The molecule has 1 aromatic rings. The Morgan fingerprint density at radius 3 is 2.75 bits per heavy atom. The number of hydrogen-bond donors (Lipinski definition) is 1. The summed E-state index contributed by atoms with van der Waals surface area (Å²) in [6, 6.07) is 3.19. The van der Waals surface area contributed by atoms with Gasteiger partial charge in [-0.1, -0.05) is 0 Å². The van der Waals surface area contributed by atoms with Gasteiger partial charge in [0.25, 0.3) is 0 Å². The fourth-order valence-corrected chi connectivity index (χ4v) is 1.71. The summed E-state index contributed by atoms with van der Waals surface area (Å²) in [4.78, 5) is 22.6. The maximum Gasteiger partial charge on any atom is 0.337 e. The molecule has 0 radical (unpaired) electrons. The van der Waals surface area contributed by atoms with Crippen LogP contribution in [0.5, 0.6) is 5.75 Å². The van der Waals surface area contributed by atoms with Crippen molar-refractivity contribution in [3.63, 3.8) is 0 Å². The van der Waals surface area contributed by atoms with Gasteiger partial charge >= 0.3 is 5.97 Å². The van der Waals surface area contributed by atoms with E-state index in [0.29, 0.717) is 17.0 Å². The standard InChI is InChI=1S/C11H11NO4/c1-15-8-4-7(11(14)16-2)3-6-5-9(13)12-10(6)8/h3-4H,5H2,1-2H3,(H,12,13). The molecule has 84 valence electrons. The van der Waals surface area contributed by atoms with Crippen LogP contribution in [0, 0.1) is 0 Å². The lowest BCUT2D eigenvalue weighted by Crippen LogP contribution is -2.04. The molecule has 0 aliphatic carbocycles. The first-order chi connectivity index (χ1) is 7.65. The fourth-order valence-electron chi connectivity index (χ4n) is 1.71. The van der Waals surface area contributed by atoms with Gasteiger partial charge in [0.15, 0.2) is 0 Å². The van der Waals surface area contributed by atoms with Crippen LogP contribution in [-0.2, 0) is 16.0 Å². The Kier molecular flexibility index (Phi) is 2.52. The normalized spacial score (nSPS) is 13.0. The molecular weight excluding hydrogens is 210 g/mol. The van der Waals surface area contributed by atoms with E-state index in [1.54, 1.807) is 12.1 Å².